The van der Waals surface area contributed by atoms with Crippen molar-refractivity contribution in [2.75, 3.05) is 44.2 Å². The highest BCUT2D eigenvalue weighted by Gasteiger charge is 2.20. The van der Waals surface area contributed by atoms with Gasteiger partial charge < -0.3 is 19.9 Å². The zero-order valence-electron chi connectivity index (χ0n) is 15.6. The average molecular weight is 353 g/mol. The molecule has 0 atom stereocenters. The molecule has 0 radical (unpaired) electrons. The Hall–Kier alpha value is -2.69. The number of aryl methyl sites for hydroxylation is 2. The Balaban J connectivity index is 1.39. The zero-order valence-corrected chi connectivity index (χ0v) is 15.6. The van der Waals surface area contributed by atoms with E-state index in [4.69, 9.17) is 4.74 Å². The van der Waals surface area contributed by atoms with E-state index in [-0.39, 0.29) is 6.03 Å². The lowest BCUT2D eigenvalue weighted by molar-refractivity contribution is 0.191. The molecule has 1 N–H and O–H groups in total. The number of amides is 2. The Labute approximate surface area is 155 Å². The number of urea groups is 1. The van der Waals surface area contributed by atoms with E-state index in [9.17, 15) is 4.79 Å². The van der Waals surface area contributed by atoms with Crippen molar-refractivity contribution in [1.82, 2.24) is 10.2 Å². The van der Waals surface area contributed by atoms with Gasteiger partial charge in [-0.05, 0) is 37.1 Å². The normalized spacial score (nSPS) is 14.2. The Morgan fingerprint density at radius 1 is 0.962 bits per heavy atom. The summed E-state index contributed by atoms with van der Waals surface area (Å²) in [5.41, 5.74) is 3.45. The minimum absolute atomic E-state index is 0.0113. The minimum Gasteiger partial charge on any atom is -0.491 e. The number of benzene rings is 2. The number of piperazine rings is 1. The molecule has 0 aliphatic carbocycles. The molecule has 3 rings (SSSR count). The third kappa shape index (κ3) is 4.48. The number of carbonyl (C=O) groups excluding carboxylic acids is 1. The second-order valence-electron chi connectivity index (χ2n) is 6.61. The summed E-state index contributed by atoms with van der Waals surface area (Å²) in [6.45, 7) is 8.23. The summed E-state index contributed by atoms with van der Waals surface area (Å²) < 4.78 is 5.84. The molecule has 0 spiro atoms. The van der Waals surface area contributed by atoms with E-state index >= 15 is 0 Å². The Morgan fingerprint density at radius 2 is 1.62 bits per heavy atom. The van der Waals surface area contributed by atoms with Crippen molar-refractivity contribution in [2.24, 2.45) is 0 Å². The minimum atomic E-state index is -0.0113. The van der Waals surface area contributed by atoms with Crippen LogP contribution in [0.3, 0.4) is 0 Å². The fourth-order valence-electron chi connectivity index (χ4n) is 3.26. The van der Waals surface area contributed by atoms with Crippen LogP contribution in [-0.2, 0) is 0 Å². The van der Waals surface area contributed by atoms with Gasteiger partial charge in [-0.1, -0.05) is 36.4 Å². The molecule has 0 unspecified atom stereocenters. The number of carbonyl (C=O) groups is 1. The number of nitrogens with one attached hydrogen (secondary N) is 1. The number of nitrogens with zero attached hydrogens (tertiary/aromatic N) is 2. The Kier molecular flexibility index (Phi) is 6.00. The molecule has 1 fully saturated rings. The monoisotopic (exact) mass is 353 g/mol. The van der Waals surface area contributed by atoms with Gasteiger partial charge in [-0.15, -0.1) is 0 Å². The van der Waals surface area contributed by atoms with Crippen LogP contribution < -0.4 is 15.0 Å². The predicted octanol–water partition coefficient (Wildman–Crippen LogP) is 3.21. The van der Waals surface area contributed by atoms with Crippen molar-refractivity contribution in [3.63, 3.8) is 0 Å². The van der Waals surface area contributed by atoms with Crippen LogP contribution in [0.15, 0.2) is 48.5 Å². The lowest BCUT2D eigenvalue weighted by atomic mass is 10.1. The van der Waals surface area contributed by atoms with E-state index in [0.29, 0.717) is 13.2 Å². The Bertz CT molecular complexity index is 705. The fourth-order valence-corrected chi connectivity index (χ4v) is 3.26. The number of ether oxygens (including phenoxy) is 1. The fraction of sp³-hybridized carbons (Fsp3) is 0.381. The second-order valence-corrected chi connectivity index (χ2v) is 6.61. The van der Waals surface area contributed by atoms with Crippen LogP contribution in [-0.4, -0.2) is 50.3 Å². The van der Waals surface area contributed by atoms with Gasteiger partial charge in [-0.2, -0.15) is 0 Å². The van der Waals surface area contributed by atoms with Crippen molar-refractivity contribution in [1.29, 1.82) is 0 Å². The number of hydrogen-bond acceptors (Lipinski definition) is 3. The maximum absolute atomic E-state index is 12.3. The van der Waals surface area contributed by atoms with Crippen molar-refractivity contribution >= 4 is 11.7 Å². The molecule has 1 aliphatic rings. The van der Waals surface area contributed by atoms with Crippen LogP contribution in [0.2, 0.25) is 0 Å². The van der Waals surface area contributed by atoms with Crippen LogP contribution >= 0.6 is 0 Å². The SMILES string of the molecule is Cc1cccc(C)c1OCCNC(=O)N1CCN(c2ccccc2)CC1. The Morgan fingerprint density at radius 3 is 2.27 bits per heavy atom. The molecule has 0 aromatic heterocycles. The molecule has 0 bridgehead atoms. The standard InChI is InChI=1S/C21H27N3O2/c1-17-7-6-8-18(2)20(17)26-16-11-22-21(25)24-14-12-23(13-15-24)19-9-4-3-5-10-19/h3-10H,11-16H2,1-2H3,(H,22,25). The van der Waals surface area contributed by atoms with Crippen LogP contribution in [0, 0.1) is 13.8 Å². The van der Waals surface area contributed by atoms with Gasteiger partial charge in [0.2, 0.25) is 0 Å². The van der Waals surface area contributed by atoms with E-state index < -0.39 is 0 Å². The predicted molar refractivity (Wildman–Crippen MR) is 105 cm³/mol. The number of para-hydroxylation sites is 2. The van der Waals surface area contributed by atoms with E-state index in [1.54, 1.807) is 0 Å². The average Bonchev–Trinajstić information content (AvgIpc) is 2.68. The summed E-state index contributed by atoms with van der Waals surface area (Å²) in [5, 5.41) is 2.96. The topological polar surface area (TPSA) is 44.8 Å². The van der Waals surface area contributed by atoms with Crippen LogP contribution in [0.4, 0.5) is 10.5 Å². The summed E-state index contributed by atoms with van der Waals surface area (Å²) in [6.07, 6.45) is 0. The first-order valence-electron chi connectivity index (χ1n) is 9.17. The molecule has 5 heteroatoms. The van der Waals surface area contributed by atoms with Gasteiger partial charge in [0, 0.05) is 31.9 Å². The molecule has 2 amide bonds. The summed E-state index contributed by atoms with van der Waals surface area (Å²) in [4.78, 5) is 16.5. The first-order valence-corrected chi connectivity index (χ1v) is 9.17. The highest BCUT2D eigenvalue weighted by molar-refractivity contribution is 5.74. The van der Waals surface area contributed by atoms with Gasteiger partial charge in [0.1, 0.15) is 12.4 Å². The van der Waals surface area contributed by atoms with Crippen LogP contribution in [0.5, 0.6) is 5.75 Å². The zero-order chi connectivity index (χ0) is 18.4. The van der Waals surface area contributed by atoms with E-state index in [1.165, 1.54) is 5.69 Å². The van der Waals surface area contributed by atoms with Crippen molar-refractivity contribution in [3.8, 4) is 5.75 Å². The molecule has 1 aliphatic heterocycles. The van der Waals surface area contributed by atoms with Crippen LogP contribution in [0.1, 0.15) is 11.1 Å². The largest absolute Gasteiger partial charge is 0.491 e. The van der Waals surface area contributed by atoms with Gasteiger partial charge in [-0.3, -0.25) is 0 Å². The van der Waals surface area contributed by atoms with Crippen molar-refractivity contribution < 1.29 is 9.53 Å². The molecule has 1 heterocycles. The molecular weight excluding hydrogens is 326 g/mol. The molecule has 5 nitrogen and oxygen atoms in total. The van der Waals surface area contributed by atoms with Gasteiger partial charge >= 0.3 is 6.03 Å². The summed E-state index contributed by atoms with van der Waals surface area (Å²) in [5.74, 6) is 0.915. The van der Waals surface area contributed by atoms with E-state index in [1.807, 2.05) is 55.1 Å². The van der Waals surface area contributed by atoms with E-state index in [2.05, 4.69) is 22.3 Å². The molecular formula is C21H27N3O2. The second kappa shape index (κ2) is 8.61. The van der Waals surface area contributed by atoms with Gasteiger partial charge in [0.05, 0.1) is 6.54 Å². The lowest BCUT2D eigenvalue weighted by Crippen LogP contribution is -2.52. The summed E-state index contributed by atoms with van der Waals surface area (Å²) in [7, 11) is 0. The highest BCUT2D eigenvalue weighted by Crippen LogP contribution is 2.22. The van der Waals surface area contributed by atoms with Gasteiger partial charge in [0.15, 0.2) is 0 Å². The van der Waals surface area contributed by atoms with Crippen molar-refractivity contribution in [3.05, 3.63) is 59.7 Å². The lowest BCUT2D eigenvalue weighted by Gasteiger charge is -2.36. The van der Waals surface area contributed by atoms with Crippen molar-refractivity contribution in [2.45, 2.75) is 13.8 Å². The quantitative estimate of drug-likeness (QED) is 0.840. The van der Waals surface area contributed by atoms with Gasteiger partial charge in [0.25, 0.3) is 0 Å². The molecule has 138 valence electrons. The maximum Gasteiger partial charge on any atom is 0.317 e. The maximum atomic E-state index is 12.3. The molecule has 2 aromatic carbocycles. The molecule has 1 saturated heterocycles. The summed E-state index contributed by atoms with van der Waals surface area (Å²) in [6, 6.07) is 16.4. The smallest absolute Gasteiger partial charge is 0.317 e. The first-order chi connectivity index (χ1) is 12.6. The first kappa shape index (κ1) is 18.1. The molecule has 26 heavy (non-hydrogen) atoms. The summed E-state index contributed by atoms with van der Waals surface area (Å²) >= 11 is 0. The van der Waals surface area contributed by atoms with Gasteiger partial charge in [-0.25, -0.2) is 4.79 Å². The number of anilines is 1. The van der Waals surface area contributed by atoms with Crippen LogP contribution in [0.25, 0.3) is 0 Å². The number of hydrogen-bond donors (Lipinski definition) is 1. The highest BCUT2D eigenvalue weighted by atomic mass is 16.5. The molecule has 2 aromatic rings. The van der Waals surface area contributed by atoms with E-state index in [0.717, 1.165) is 43.1 Å². The third-order valence-electron chi connectivity index (χ3n) is 4.72. The molecule has 0 saturated carbocycles. The number of rotatable bonds is 5. The third-order valence-corrected chi connectivity index (χ3v) is 4.72.